The topological polar surface area (TPSA) is 38.3 Å². The molecule has 158 valence electrons. The summed E-state index contributed by atoms with van der Waals surface area (Å²) in [7, 11) is -2.07. The van der Waals surface area contributed by atoms with Crippen molar-refractivity contribution >= 4 is 31.9 Å². The number of fused-ring (bicyclic) bond motifs is 1. The fourth-order valence-electron chi connectivity index (χ4n) is 5.57. The van der Waals surface area contributed by atoms with Gasteiger partial charge in [0.2, 0.25) is 8.32 Å². The molecule has 0 bridgehead atoms. The van der Waals surface area contributed by atoms with Crippen LogP contribution in [-0.4, -0.2) is 26.2 Å². The maximum Gasteiger partial charge on any atom is 0.200 e. The Morgan fingerprint density at radius 2 is 1.64 bits per heavy atom. The van der Waals surface area contributed by atoms with E-state index in [0.717, 1.165) is 23.1 Å². The molecule has 5 heteroatoms. The number of hydrogen-bond acceptors (Lipinski definition) is 3. The Balaban J connectivity index is 2.64. The molecule has 1 aliphatic heterocycles. The molecule has 1 aliphatic rings. The van der Waals surface area contributed by atoms with Crippen molar-refractivity contribution in [2.75, 3.05) is 5.32 Å². The van der Waals surface area contributed by atoms with Gasteiger partial charge in [-0.15, -0.1) is 0 Å². The summed E-state index contributed by atoms with van der Waals surface area (Å²) in [6, 6.07) is 1.88. The predicted octanol–water partition coefficient (Wildman–Crippen LogP) is 7.33. The van der Waals surface area contributed by atoms with Gasteiger partial charge >= 0.3 is 0 Å². The van der Waals surface area contributed by atoms with Crippen LogP contribution in [0.4, 0.5) is 5.69 Å². The quantitative estimate of drug-likeness (QED) is 0.384. The monoisotopic (exact) mass is 423 g/mol. The first-order chi connectivity index (χ1) is 12.8. The maximum atomic E-state index is 11.5. The lowest BCUT2D eigenvalue weighted by molar-refractivity contribution is 0.0913. The number of carbonyl (C=O) groups excluding carboxylic acids is 1. The summed E-state index contributed by atoms with van der Waals surface area (Å²) in [5.74, 6) is 0.0977. The molecule has 3 nitrogen and oxygen atoms in total. The molecule has 0 saturated heterocycles. The molecule has 1 aromatic carbocycles. The van der Waals surface area contributed by atoms with Gasteiger partial charge in [-0.1, -0.05) is 60.1 Å². The van der Waals surface area contributed by atoms with Gasteiger partial charge in [0.25, 0.3) is 0 Å². The van der Waals surface area contributed by atoms with Gasteiger partial charge in [-0.25, -0.2) is 0 Å². The molecular formula is C23H38ClNO2Si. The van der Waals surface area contributed by atoms with Gasteiger partial charge in [-0.05, 0) is 49.0 Å². The summed E-state index contributed by atoms with van der Waals surface area (Å²) in [4.78, 5) is 11.5. The summed E-state index contributed by atoms with van der Waals surface area (Å²) in [5.41, 5.74) is 4.98. The average molecular weight is 424 g/mol. The lowest BCUT2D eigenvalue weighted by Gasteiger charge is -2.52. The third-order valence-electron chi connectivity index (χ3n) is 6.76. The van der Waals surface area contributed by atoms with Crippen molar-refractivity contribution in [1.82, 2.24) is 0 Å². The van der Waals surface area contributed by atoms with Gasteiger partial charge < -0.3 is 9.74 Å². The highest BCUT2D eigenvalue weighted by atomic mass is 35.5. The number of aryl methyl sites for hydroxylation is 1. The summed E-state index contributed by atoms with van der Waals surface area (Å²) < 4.78 is 7.25. The second-order valence-electron chi connectivity index (χ2n) is 9.99. The van der Waals surface area contributed by atoms with Crippen LogP contribution in [0.15, 0.2) is 6.07 Å². The summed E-state index contributed by atoms with van der Waals surface area (Å²) >= 11 is 6.70. The molecule has 0 amide bonds. The van der Waals surface area contributed by atoms with E-state index in [1.54, 1.807) is 0 Å². The number of anilines is 1. The highest BCUT2D eigenvalue weighted by molar-refractivity contribution is 6.77. The van der Waals surface area contributed by atoms with Gasteiger partial charge in [-0.3, -0.25) is 4.79 Å². The minimum Gasteiger partial charge on any atom is -0.410 e. The maximum absolute atomic E-state index is 11.5. The number of rotatable bonds is 6. The zero-order valence-electron chi connectivity index (χ0n) is 19.2. The fraction of sp³-hybridized carbons (Fsp3) is 0.696. The minimum absolute atomic E-state index is 0.0160. The minimum atomic E-state index is -2.07. The van der Waals surface area contributed by atoms with E-state index in [-0.39, 0.29) is 17.6 Å². The van der Waals surface area contributed by atoms with Crippen LogP contribution in [0.25, 0.3) is 0 Å². The number of aldehydes is 1. The molecule has 2 atom stereocenters. The third-order valence-corrected chi connectivity index (χ3v) is 13.3. The molecule has 0 aliphatic carbocycles. The van der Waals surface area contributed by atoms with E-state index in [4.69, 9.17) is 16.0 Å². The first-order valence-electron chi connectivity index (χ1n) is 10.5. The Morgan fingerprint density at radius 3 is 2.07 bits per heavy atom. The molecule has 2 unspecified atom stereocenters. The van der Waals surface area contributed by atoms with Crippen LogP contribution in [0, 0.1) is 6.92 Å². The van der Waals surface area contributed by atoms with Crippen LogP contribution < -0.4 is 5.32 Å². The van der Waals surface area contributed by atoms with E-state index in [2.05, 4.69) is 67.6 Å². The summed E-state index contributed by atoms with van der Waals surface area (Å²) in [6.07, 6.45) is 0.838. The molecule has 0 radical (unpaired) electrons. The molecule has 2 rings (SSSR count). The van der Waals surface area contributed by atoms with Crippen molar-refractivity contribution in [3.05, 3.63) is 27.8 Å². The first-order valence-corrected chi connectivity index (χ1v) is 13.1. The van der Waals surface area contributed by atoms with Crippen LogP contribution in [0.2, 0.25) is 21.6 Å². The largest absolute Gasteiger partial charge is 0.410 e. The summed E-state index contributed by atoms with van der Waals surface area (Å²) in [5, 5.41) is 4.27. The number of nitrogens with one attached hydrogen (secondary N) is 1. The van der Waals surface area contributed by atoms with Crippen molar-refractivity contribution in [3.8, 4) is 0 Å². The Hall–Kier alpha value is -0.843. The molecule has 0 aromatic heterocycles. The van der Waals surface area contributed by atoms with Crippen LogP contribution in [0.3, 0.4) is 0 Å². The second-order valence-corrected chi connectivity index (χ2v) is 15.8. The van der Waals surface area contributed by atoms with E-state index in [0.29, 0.717) is 27.2 Å². The van der Waals surface area contributed by atoms with Crippen molar-refractivity contribution in [2.45, 2.75) is 103 Å². The third kappa shape index (κ3) is 3.68. The van der Waals surface area contributed by atoms with Crippen molar-refractivity contribution in [2.24, 2.45) is 0 Å². The molecular weight excluding hydrogens is 386 g/mol. The van der Waals surface area contributed by atoms with Crippen molar-refractivity contribution < 1.29 is 9.22 Å². The van der Waals surface area contributed by atoms with E-state index in [9.17, 15) is 4.79 Å². The molecule has 1 heterocycles. The van der Waals surface area contributed by atoms with Crippen LogP contribution in [0.1, 0.15) is 89.7 Å². The van der Waals surface area contributed by atoms with E-state index < -0.39 is 8.32 Å². The van der Waals surface area contributed by atoms with Gasteiger partial charge in [-0.2, -0.15) is 0 Å². The number of benzene rings is 1. The lowest BCUT2D eigenvalue weighted by Crippen LogP contribution is -2.59. The Morgan fingerprint density at radius 1 is 1.14 bits per heavy atom. The highest BCUT2D eigenvalue weighted by Crippen LogP contribution is 2.51. The van der Waals surface area contributed by atoms with E-state index in [1.165, 1.54) is 0 Å². The molecule has 1 aromatic rings. The Labute approximate surface area is 177 Å². The van der Waals surface area contributed by atoms with Gasteiger partial charge in [0.05, 0.1) is 16.7 Å². The van der Waals surface area contributed by atoms with Gasteiger partial charge in [0.15, 0.2) is 6.29 Å². The van der Waals surface area contributed by atoms with Gasteiger partial charge in [0, 0.05) is 22.7 Å². The highest BCUT2D eigenvalue weighted by Gasteiger charge is 2.52. The Kier molecular flexibility index (Phi) is 6.79. The lowest BCUT2D eigenvalue weighted by atomic mass is 9.77. The molecule has 0 fully saturated rings. The van der Waals surface area contributed by atoms with Crippen molar-refractivity contribution in [1.29, 1.82) is 0 Å². The van der Waals surface area contributed by atoms with E-state index >= 15 is 0 Å². The molecule has 0 spiro atoms. The molecule has 1 N–H and O–H groups in total. The average Bonchev–Trinajstić information content (AvgIpc) is 2.56. The smallest absolute Gasteiger partial charge is 0.200 e. The second kappa shape index (κ2) is 8.12. The van der Waals surface area contributed by atoms with Crippen molar-refractivity contribution in [3.63, 3.8) is 0 Å². The number of carbonyl (C=O) groups is 1. The fourth-order valence-corrected chi connectivity index (χ4v) is 11.7. The van der Waals surface area contributed by atoms with Crippen LogP contribution in [-0.2, 0) is 4.43 Å². The number of halogens is 1. The zero-order valence-corrected chi connectivity index (χ0v) is 21.0. The normalized spacial score (nSPS) is 21.8. The number of hydrogen-bond donors (Lipinski definition) is 1. The van der Waals surface area contributed by atoms with E-state index in [1.807, 2.05) is 13.0 Å². The SMILES string of the molecule is Cc1cc(C=O)c(Cl)c2c1NC(C)(C)C(O[Si](C(C)C)(C(C)C)C(C)C)C2C. The van der Waals surface area contributed by atoms with Crippen LogP contribution in [0.5, 0.6) is 0 Å². The standard InChI is InChI=1S/C23H38ClNO2Si/c1-13(2)28(14(3)4,15(5)6)27-22-17(8)19-20(24)18(12-26)11-16(7)21(19)25-23(22,9)10/h11-15,17,22,25H,1-10H3. The molecule has 28 heavy (non-hydrogen) atoms. The van der Waals surface area contributed by atoms with Crippen LogP contribution >= 0.6 is 11.6 Å². The summed E-state index contributed by atoms with van der Waals surface area (Å²) in [6.45, 7) is 22.6. The zero-order chi connectivity index (χ0) is 21.6. The first kappa shape index (κ1) is 23.4. The van der Waals surface area contributed by atoms with Gasteiger partial charge in [0.1, 0.15) is 0 Å². The Bertz CT molecular complexity index is 721. The predicted molar refractivity (Wildman–Crippen MR) is 124 cm³/mol. The molecule has 0 saturated carbocycles.